The summed E-state index contributed by atoms with van der Waals surface area (Å²) in [7, 11) is 0. The van der Waals surface area contributed by atoms with E-state index in [0.29, 0.717) is 0 Å². The summed E-state index contributed by atoms with van der Waals surface area (Å²) >= 11 is 5.61. The van der Waals surface area contributed by atoms with Crippen LogP contribution in [0.4, 0.5) is 13.2 Å². The first-order chi connectivity index (χ1) is 9.26. The summed E-state index contributed by atoms with van der Waals surface area (Å²) in [4.78, 5) is 0. The van der Waals surface area contributed by atoms with Crippen molar-refractivity contribution in [3.63, 3.8) is 0 Å². The van der Waals surface area contributed by atoms with Gasteiger partial charge in [-0.25, -0.2) is 0 Å². The van der Waals surface area contributed by atoms with Crippen molar-refractivity contribution in [3.8, 4) is 5.75 Å². The lowest BCUT2D eigenvalue weighted by atomic mass is 10.2. The molecule has 1 nitrogen and oxygen atoms in total. The molecule has 108 valence electrons. The Labute approximate surface area is 121 Å². The summed E-state index contributed by atoms with van der Waals surface area (Å²) < 4.78 is 38.5. The van der Waals surface area contributed by atoms with Gasteiger partial charge in [-0.2, -0.15) is 0 Å². The van der Waals surface area contributed by atoms with E-state index < -0.39 is 6.36 Å². The molecule has 5 heteroatoms. The van der Waals surface area contributed by atoms with Crippen molar-refractivity contribution in [2.24, 2.45) is 0 Å². The Morgan fingerprint density at radius 3 is 1.55 bits per heavy atom. The van der Waals surface area contributed by atoms with Gasteiger partial charge in [0.15, 0.2) is 0 Å². The fourth-order valence-electron chi connectivity index (χ4n) is 1.27. The number of aryl methyl sites for hydroxylation is 2. The maximum absolute atomic E-state index is 11.6. The van der Waals surface area contributed by atoms with Crippen LogP contribution in [0.25, 0.3) is 0 Å². The minimum atomic E-state index is -4.60. The van der Waals surface area contributed by atoms with Crippen LogP contribution in [0.2, 0.25) is 5.02 Å². The van der Waals surface area contributed by atoms with Gasteiger partial charge >= 0.3 is 6.36 Å². The lowest BCUT2D eigenvalue weighted by molar-refractivity contribution is -0.274. The summed E-state index contributed by atoms with van der Waals surface area (Å²) in [6.45, 7) is 3.83. The Balaban J connectivity index is 0.000000217. The number of hydrogen-bond donors (Lipinski definition) is 0. The molecule has 2 aromatic rings. The predicted octanol–water partition coefficient (Wildman–Crippen LogP) is 5.54. The van der Waals surface area contributed by atoms with E-state index in [0.717, 1.165) is 10.6 Å². The number of alkyl halides is 3. The smallest absolute Gasteiger partial charge is 0.406 e. The Kier molecular flexibility index (Phi) is 5.89. The SMILES string of the molecule is Cc1ccc(Cl)cc1.Cc1ccc(OC(F)(F)F)cc1. The number of ether oxygens (including phenoxy) is 1. The number of halogens is 4. The average molecular weight is 303 g/mol. The molecule has 0 amide bonds. The van der Waals surface area contributed by atoms with Crippen LogP contribution in [0.3, 0.4) is 0 Å². The molecule has 0 heterocycles. The van der Waals surface area contributed by atoms with Crippen molar-refractivity contribution in [2.45, 2.75) is 20.2 Å². The highest BCUT2D eigenvalue weighted by molar-refractivity contribution is 6.30. The molecule has 0 N–H and O–H groups in total. The molecular formula is C15H14ClF3O. The van der Waals surface area contributed by atoms with Gasteiger partial charge in [-0.3, -0.25) is 0 Å². The van der Waals surface area contributed by atoms with Gasteiger partial charge in [-0.1, -0.05) is 47.0 Å². The van der Waals surface area contributed by atoms with Gasteiger partial charge in [0.25, 0.3) is 0 Å². The molecule has 0 aromatic heterocycles. The van der Waals surface area contributed by atoms with Crippen LogP contribution in [0.15, 0.2) is 48.5 Å². The molecular weight excluding hydrogens is 289 g/mol. The lowest BCUT2D eigenvalue weighted by Gasteiger charge is -2.08. The zero-order chi connectivity index (χ0) is 15.2. The Morgan fingerprint density at radius 1 is 0.800 bits per heavy atom. The molecule has 0 aliphatic heterocycles. The van der Waals surface area contributed by atoms with E-state index in [-0.39, 0.29) is 5.75 Å². The van der Waals surface area contributed by atoms with E-state index in [1.165, 1.54) is 17.7 Å². The normalized spacial score (nSPS) is 10.5. The second-order valence-corrected chi connectivity index (χ2v) is 4.59. The average Bonchev–Trinajstić information content (AvgIpc) is 2.35. The number of rotatable bonds is 1. The van der Waals surface area contributed by atoms with Gasteiger partial charge in [0.1, 0.15) is 5.75 Å². The van der Waals surface area contributed by atoms with Crippen molar-refractivity contribution in [1.29, 1.82) is 0 Å². The van der Waals surface area contributed by atoms with Crippen LogP contribution in [-0.4, -0.2) is 6.36 Å². The third-order valence-electron chi connectivity index (χ3n) is 2.27. The molecule has 0 atom stereocenters. The van der Waals surface area contributed by atoms with Crippen molar-refractivity contribution in [1.82, 2.24) is 0 Å². The van der Waals surface area contributed by atoms with Crippen molar-refractivity contribution < 1.29 is 17.9 Å². The molecule has 2 rings (SSSR count). The zero-order valence-corrected chi connectivity index (χ0v) is 11.8. The van der Waals surface area contributed by atoms with Gasteiger partial charge in [-0.05, 0) is 38.1 Å². The minimum Gasteiger partial charge on any atom is -0.406 e. The summed E-state index contributed by atoms with van der Waals surface area (Å²) in [5, 5.41) is 0.801. The largest absolute Gasteiger partial charge is 0.573 e. The Bertz CT molecular complexity index is 497. The molecule has 20 heavy (non-hydrogen) atoms. The van der Waals surface area contributed by atoms with E-state index in [4.69, 9.17) is 11.6 Å². The van der Waals surface area contributed by atoms with E-state index in [9.17, 15) is 13.2 Å². The van der Waals surface area contributed by atoms with Crippen LogP contribution in [0.5, 0.6) is 5.75 Å². The third-order valence-corrected chi connectivity index (χ3v) is 2.52. The van der Waals surface area contributed by atoms with Gasteiger partial charge in [0, 0.05) is 5.02 Å². The molecule has 0 saturated carbocycles. The van der Waals surface area contributed by atoms with Gasteiger partial charge in [-0.15, -0.1) is 13.2 Å². The second kappa shape index (κ2) is 7.20. The van der Waals surface area contributed by atoms with Crippen molar-refractivity contribution >= 4 is 11.6 Å². The first-order valence-electron chi connectivity index (χ1n) is 5.81. The molecule has 0 fully saturated rings. The highest BCUT2D eigenvalue weighted by Crippen LogP contribution is 2.22. The molecule has 0 spiro atoms. The maximum Gasteiger partial charge on any atom is 0.573 e. The highest BCUT2D eigenvalue weighted by Gasteiger charge is 2.30. The molecule has 0 bridgehead atoms. The lowest BCUT2D eigenvalue weighted by Crippen LogP contribution is -2.16. The van der Waals surface area contributed by atoms with Crippen LogP contribution < -0.4 is 4.74 Å². The number of hydrogen-bond acceptors (Lipinski definition) is 1. The highest BCUT2D eigenvalue weighted by atomic mass is 35.5. The summed E-state index contributed by atoms with van der Waals surface area (Å²) in [6, 6.07) is 13.4. The van der Waals surface area contributed by atoms with E-state index >= 15 is 0 Å². The quantitative estimate of drug-likeness (QED) is 0.672. The van der Waals surface area contributed by atoms with Crippen LogP contribution >= 0.6 is 11.6 Å². The molecule has 0 aliphatic carbocycles. The van der Waals surface area contributed by atoms with Gasteiger partial charge in [0.05, 0.1) is 0 Å². The zero-order valence-electron chi connectivity index (χ0n) is 11.0. The summed E-state index contributed by atoms with van der Waals surface area (Å²) in [6.07, 6.45) is -4.60. The molecule has 0 radical (unpaired) electrons. The van der Waals surface area contributed by atoms with E-state index in [1.807, 2.05) is 31.2 Å². The molecule has 0 unspecified atom stereocenters. The fourth-order valence-corrected chi connectivity index (χ4v) is 1.40. The Hall–Kier alpha value is -1.68. The maximum atomic E-state index is 11.6. The fraction of sp³-hybridized carbons (Fsp3) is 0.200. The molecule has 0 aliphatic rings. The first kappa shape index (κ1) is 16.4. The van der Waals surface area contributed by atoms with E-state index in [2.05, 4.69) is 4.74 Å². The predicted molar refractivity (Wildman–Crippen MR) is 74.1 cm³/mol. The van der Waals surface area contributed by atoms with Crippen molar-refractivity contribution in [3.05, 3.63) is 64.7 Å². The van der Waals surface area contributed by atoms with E-state index in [1.54, 1.807) is 19.1 Å². The van der Waals surface area contributed by atoms with Gasteiger partial charge in [0.2, 0.25) is 0 Å². The second-order valence-electron chi connectivity index (χ2n) is 4.16. The van der Waals surface area contributed by atoms with Crippen LogP contribution in [0, 0.1) is 13.8 Å². The van der Waals surface area contributed by atoms with Crippen molar-refractivity contribution in [2.75, 3.05) is 0 Å². The van der Waals surface area contributed by atoms with Crippen LogP contribution in [-0.2, 0) is 0 Å². The minimum absolute atomic E-state index is 0.187. The van der Waals surface area contributed by atoms with Gasteiger partial charge < -0.3 is 4.74 Å². The summed E-state index contributed by atoms with van der Waals surface area (Å²) in [5.41, 5.74) is 2.14. The molecule has 0 saturated heterocycles. The third kappa shape index (κ3) is 7.04. The topological polar surface area (TPSA) is 9.23 Å². The standard InChI is InChI=1S/C8H7F3O.C7H7Cl/c1-6-2-4-7(5-3-6)12-8(9,10)11;1-6-2-4-7(8)5-3-6/h2-5H,1H3;2-5H,1H3. The summed E-state index contributed by atoms with van der Waals surface area (Å²) in [5.74, 6) is -0.187. The first-order valence-corrected chi connectivity index (χ1v) is 6.18. The number of benzene rings is 2. The Morgan fingerprint density at radius 2 is 1.20 bits per heavy atom. The van der Waals surface area contributed by atoms with Crippen LogP contribution in [0.1, 0.15) is 11.1 Å². The molecule has 2 aromatic carbocycles. The monoisotopic (exact) mass is 302 g/mol.